The lowest BCUT2D eigenvalue weighted by molar-refractivity contribution is 0.122. The maximum absolute atomic E-state index is 6.09. The van der Waals surface area contributed by atoms with E-state index >= 15 is 0 Å². The van der Waals surface area contributed by atoms with E-state index in [0.29, 0.717) is 35.8 Å². The van der Waals surface area contributed by atoms with Crippen molar-refractivity contribution in [3.63, 3.8) is 0 Å². The van der Waals surface area contributed by atoms with Crippen molar-refractivity contribution in [1.29, 1.82) is 0 Å². The summed E-state index contributed by atoms with van der Waals surface area (Å²) in [5.41, 5.74) is 2.80. The molecule has 1 aliphatic rings. The van der Waals surface area contributed by atoms with Crippen LogP contribution in [0.15, 0.2) is 16.5 Å². The van der Waals surface area contributed by atoms with Crippen LogP contribution in [0, 0.1) is 6.92 Å². The summed E-state index contributed by atoms with van der Waals surface area (Å²) in [6, 6.07) is 3.89. The molecule has 4 rings (SSSR count). The third-order valence-electron chi connectivity index (χ3n) is 3.58. The average Bonchev–Trinajstić information content (AvgIpc) is 2.84. The molecule has 1 aliphatic heterocycles. The van der Waals surface area contributed by atoms with E-state index in [1.165, 1.54) is 0 Å². The second-order valence-electron chi connectivity index (χ2n) is 5.00. The first kappa shape index (κ1) is 12.8. The molecule has 0 aliphatic carbocycles. The van der Waals surface area contributed by atoms with E-state index in [1.807, 2.05) is 19.1 Å². The molecule has 0 saturated carbocycles. The number of ether oxygens (including phenoxy) is 1. The molecule has 0 N–H and O–H groups in total. The van der Waals surface area contributed by atoms with Crippen LogP contribution in [0.4, 0.5) is 5.82 Å². The molecule has 0 spiro atoms. The Morgan fingerprint density at radius 1 is 1.14 bits per heavy atom. The molecule has 0 amide bonds. The Bertz CT molecular complexity index is 827. The molecule has 4 heterocycles. The Morgan fingerprint density at radius 3 is 2.76 bits per heavy atom. The van der Waals surface area contributed by atoms with E-state index in [0.717, 1.165) is 24.2 Å². The van der Waals surface area contributed by atoms with Crippen LogP contribution in [0.5, 0.6) is 0 Å². The smallest absolute Gasteiger partial charge is 0.229 e. The van der Waals surface area contributed by atoms with Crippen LogP contribution in [-0.2, 0) is 4.74 Å². The van der Waals surface area contributed by atoms with Gasteiger partial charge in [0.15, 0.2) is 11.4 Å². The van der Waals surface area contributed by atoms with Gasteiger partial charge in [-0.05, 0) is 30.7 Å². The van der Waals surface area contributed by atoms with Crippen molar-refractivity contribution in [2.75, 3.05) is 31.2 Å². The van der Waals surface area contributed by atoms with Crippen LogP contribution in [0.3, 0.4) is 0 Å². The standard InChI is InChI=1S/C14H13ClN4O2/c1-8-2-3-9-10-11(21-13(9)16-8)12(18-14(15)17-10)19-4-6-20-7-5-19/h2-3H,4-7H2,1H3. The summed E-state index contributed by atoms with van der Waals surface area (Å²) in [4.78, 5) is 15.2. The van der Waals surface area contributed by atoms with E-state index in [-0.39, 0.29) is 5.28 Å². The first-order valence-electron chi connectivity index (χ1n) is 6.78. The van der Waals surface area contributed by atoms with Crippen molar-refractivity contribution in [3.05, 3.63) is 23.1 Å². The van der Waals surface area contributed by atoms with Gasteiger partial charge in [0, 0.05) is 18.8 Å². The Morgan fingerprint density at radius 2 is 1.95 bits per heavy atom. The summed E-state index contributed by atoms with van der Waals surface area (Å²) in [6.45, 7) is 4.77. The molecule has 7 heteroatoms. The van der Waals surface area contributed by atoms with Gasteiger partial charge in [-0.2, -0.15) is 4.98 Å². The molecule has 0 bridgehead atoms. The summed E-state index contributed by atoms with van der Waals surface area (Å²) in [5.74, 6) is 0.712. The monoisotopic (exact) mass is 304 g/mol. The second kappa shape index (κ2) is 4.82. The maximum Gasteiger partial charge on any atom is 0.229 e. The molecular formula is C14H13ClN4O2. The predicted molar refractivity (Wildman–Crippen MR) is 79.9 cm³/mol. The number of pyridine rings is 1. The summed E-state index contributed by atoms with van der Waals surface area (Å²) in [7, 11) is 0. The molecule has 1 saturated heterocycles. The lowest BCUT2D eigenvalue weighted by Gasteiger charge is -2.27. The van der Waals surface area contributed by atoms with Gasteiger partial charge in [-0.1, -0.05) is 0 Å². The highest BCUT2D eigenvalue weighted by Crippen LogP contribution is 2.33. The summed E-state index contributed by atoms with van der Waals surface area (Å²) < 4.78 is 11.3. The fourth-order valence-corrected chi connectivity index (χ4v) is 2.73. The lowest BCUT2D eigenvalue weighted by atomic mass is 10.2. The minimum Gasteiger partial charge on any atom is -0.432 e. The average molecular weight is 305 g/mol. The highest BCUT2D eigenvalue weighted by Gasteiger charge is 2.21. The Hall–Kier alpha value is -1.92. The molecule has 1 fully saturated rings. The molecule has 0 atom stereocenters. The van der Waals surface area contributed by atoms with Crippen LogP contribution in [0.25, 0.3) is 22.2 Å². The van der Waals surface area contributed by atoms with Crippen LogP contribution in [0.2, 0.25) is 5.28 Å². The number of furan rings is 1. The van der Waals surface area contributed by atoms with Gasteiger partial charge in [0.2, 0.25) is 11.0 Å². The number of fused-ring (bicyclic) bond motifs is 3. The quantitative estimate of drug-likeness (QED) is 0.644. The van der Waals surface area contributed by atoms with E-state index in [9.17, 15) is 0 Å². The van der Waals surface area contributed by atoms with Gasteiger partial charge in [0.05, 0.1) is 18.6 Å². The maximum atomic E-state index is 6.09. The summed E-state index contributed by atoms with van der Waals surface area (Å²) in [6.07, 6.45) is 0. The van der Waals surface area contributed by atoms with Gasteiger partial charge in [0.1, 0.15) is 5.52 Å². The van der Waals surface area contributed by atoms with Crippen molar-refractivity contribution in [1.82, 2.24) is 15.0 Å². The number of nitrogens with zero attached hydrogens (tertiary/aromatic N) is 4. The van der Waals surface area contributed by atoms with E-state index in [2.05, 4.69) is 19.9 Å². The first-order chi connectivity index (χ1) is 10.2. The molecule has 0 radical (unpaired) electrons. The van der Waals surface area contributed by atoms with Crippen molar-refractivity contribution in [3.8, 4) is 0 Å². The number of morpholine rings is 1. The lowest BCUT2D eigenvalue weighted by Crippen LogP contribution is -2.36. The van der Waals surface area contributed by atoms with Gasteiger partial charge < -0.3 is 14.1 Å². The van der Waals surface area contributed by atoms with Crippen molar-refractivity contribution < 1.29 is 9.15 Å². The van der Waals surface area contributed by atoms with Crippen LogP contribution in [0.1, 0.15) is 5.69 Å². The highest BCUT2D eigenvalue weighted by atomic mass is 35.5. The van der Waals surface area contributed by atoms with E-state index < -0.39 is 0 Å². The summed E-state index contributed by atoms with van der Waals surface area (Å²) >= 11 is 6.09. The fraction of sp³-hybridized carbons (Fsp3) is 0.357. The van der Waals surface area contributed by atoms with Crippen molar-refractivity contribution in [2.45, 2.75) is 6.92 Å². The Labute approximate surface area is 125 Å². The minimum atomic E-state index is 0.215. The zero-order valence-electron chi connectivity index (χ0n) is 11.5. The molecule has 6 nitrogen and oxygen atoms in total. The molecular weight excluding hydrogens is 292 g/mol. The molecule has 3 aromatic rings. The predicted octanol–water partition coefficient (Wildman–Crippen LogP) is 2.57. The van der Waals surface area contributed by atoms with Crippen LogP contribution < -0.4 is 4.90 Å². The number of anilines is 1. The van der Waals surface area contributed by atoms with E-state index in [4.69, 9.17) is 20.8 Å². The Balaban J connectivity index is 1.99. The van der Waals surface area contributed by atoms with Crippen molar-refractivity contribution >= 4 is 39.6 Å². The fourth-order valence-electron chi connectivity index (χ4n) is 2.57. The molecule has 108 valence electrons. The normalized spacial score (nSPS) is 16.0. The van der Waals surface area contributed by atoms with Gasteiger partial charge in [-0.25, -0.2) is 9.97 Å². The third-order valence-corrected chi connectivity index (χ3v) is 3.75. The van der Waals surface area contributed by atoms with Crippen LogP contribution >= 0.6 is 11.6 Å². The molecule has 0 unspecified atom stereocenters. The van der Waals surface area contributed by atoms with Crippen LogP contribution in [-0.4, -0.2) is 41.3 Å². The molecule has 21 heavy (non-hydrogen) atoms. The number of hydrogen-bond donors (Lipinski definition) is 0. The minimum absolute atomic E-state index is 0.215. The van der Waals surface area contributed by atoms with Gasteiger partial charge in [0.25, 0.3) is 0 Å². The number of rotatable bonds is 1. The van der Waals surface area contributed by atoms with Crippen molar-refractivity contribution in [2.24, 2.45) is 0 Å². The number of hydrogen-bond acceptors (Lipinski definition) is 6. The number of aromatic nitrogens is 3. The van der Waals surface area contributed by atoms with Gasteiger partial charge >= 0.3 is 0 Å². The third kappa shape index (κ3) is 2.11. The second-order valence-corrected chi connectivity index (χ2v) is 5.34. The Kier molecular flexibility index (Phi) is 2.94. The molecule has 3 aromatic heterocycles. The zero-order valence-corrected chi connectivity index (χ0v) is 12.2. The summed E-state index contributed by atoms with van der Waals surface area (Å²) in [5, 5.41) is 1.07. The SMILES string of the molecule is Cc1ccc2c(n1)oc1c(N3CCOCC3)nc(Cl)nc12. The first-order valence-corrected chi connectivity index (χ1v) is 7.16. The van der Waals surface area contributed by atoms with E-state index in [1.54, 1.807) is 0 Å². The van der Waals surface area contributed by atoms with Gasteiger partial charge in [-0.3, -0.25) is 0 Å². The largest absolute Gasteiger partial charge is 0.432 e. The molecule has 0 aromatic carbocycles. The topological polar surface area (TPSA) is 64.3 Å². The zero-order chi connectivity index (χ0) is 14.4. The number of aryl methyl sites for hydroxylation is 1. The van der Waals surface area contributed by atoms with Gasteiger partial charge in [-0.15, -0.1) is 0 Å². The number of halogens is 1. The highest BCUT2D eigenvalue weighted by molar-refractivity contribution is 6.29.